The van der Waals surface area contributed by atoms with Crippen LogP contribution in [0.3, 0.4) is 0 Å². The van der Waals surface area contributed by atoms with Gasteiger partial charge in [0.2, 0.25) is 11.9 Å². The number of nitrogens with two attached hydrogens (primary N) is 1. The van der Waals surface area contributed by atoms with Gasteiger partial charge in [-0.3, -0.25) is 14.5 Å². The number of pyridine rings is 1. The lowest BCUT2D eigenvalue weighted by Gasteiger charge is -2.30. The number of rotatable bonds is 10. The van der Waals surface area contributed by atoms with E-state index in [-0.39, 0.29) is 31.7 Å². The van der Waals surface area contributed by atoms with Crippen LogP contribution in [-0.4, -0.2) is 73.0 Å². The predicted octanol–water partition coefficient (Wildman–Crippen LogP) is 3.07. The van der Waals surface area contributed by atoms with Gasteiger partial charge in [0.25, 0.3) is 5.89 Å². The highest BCUT2D eigenvalue weighted by Gasteiger charge is 2.38. The number of anilines is 1. The lowest BCUT2D eigenvalue weighted by atomic mass is 9.73. The van der Waals surface area contributed by atoms with Gasteiger partial charge < -0.3 is 19.9 Å². The Morgan fingerprint density at radius 2 is 1.89 bits per heavy atom. The largest absolute Gasteiger partial charge is 0.383 e. The van der Waals surface area contributed by atoms with Crippen LogP contribution < -0.4 is 5.73 Å². The van der Waals surface area contributed by atoms with E-state index in [2.05, 4.69) is 46.0 Å². The Morgan fingerprint density at radius 3 is 2.53 bits per heavy atom. The second-order valence-corrected chi connectivity index (χ2v) is 9.28. The van der Waals surface area contributed by atoms with Crippen molar-refractivity contribution in [2.24, 2.45) is 5.92 Å². The topological polar surface area (TPSA) is 151 Å². The van der Waals surface area contributed by atoms with Crippen molar-refractivity contribution >= 4 is 11.9 Å². The van der Waals surface area contributed by atoms with Gasteiger partial charge in [0.1, 0.15) is 6.54 Å². The summed E-state index contributed by atoms with van der Waals surface area (Å²) >= 11 is 0. The minimum absolute atomic E-state index is 0. The van der Waals surface area contributed by atoms with E-state index in [1.165, 1.54) is 0 Å². The first-order chi connectivity index (χ1) is 17.7. The zero-order chi connectivity index (χ0) is 26.6. The smallest absolute Gasteiger partial charge is 0.261 e. The second kappa shape index (κ2) is 11.9. The van der Waals surface area contributed by atoms with Crippen LogP contribution in [0.5, 0.6) is 0 Å². The molecule has 2 N–H and O–H groups in total. The van der Waals surface area contributed by atoms with Crippen molar-refractivity contribution in [2.45, 2.75) is 40.2 Å². The molecule has 4 aromatic heterocycles. The van der Waals surface area contributed by atoms with E-state index < -0.39 is 5.41 Å². The molecule has 0 radical (unpaired) electrons. The first-order valence-electron chi connectivity index (χ1n) is 11.9. The monoisotopic (exact) mass is 521 g/mol. The second-order valence-electron chi connectivity index (χ2n) is 9.28. The Hall–Kier alpha value is -4.19. The van der Waals surface area contributed by atoms with Crippen molar-refractivity contribution < 1.29 is 14.1 Å². The number of likely N-dealkylation sites (N-methyl/N-ethyl adjacent to an activating group) is 1. The molecule has 0 spiro atoms. The molecule has 0 saturated carbocycles. The van der Waals surface area contributed by atoms with Crippen LogP contribution in [0.4, 0.5) is 5.95 Å². The fourth-order valence-electron chi connectivity index (χ4n) is 3.79. The highest BCUT2D eigenvalue weighted by molar-refractivity contribution is 5.75. The molecule has 4 aromatic rings. The van der Waals surface area contributed by atoms with Crippen molar-refractivity contribution in [2.75, 3.05) is 33.0 Å². The average Bonchev–Trinajstić information content (AvgIpc) is 3.57. The minimum atomic E-state index is -0.569. The van der Waals surface area contributed by atoms with Crippen LogP contribution in [-0.2, 0) is 21.5 Å². The molecule has 0 unspecified atom stereocenters. The van der Waals surface area contributed by atoms with Crippen LogP contribution in [0.2, 0.25) is 0 Å². The van der Waals surface area contributed by atoms with Crippen LogP contribution in [0, 0.1) is 5.92 Å². The van der Waals surface area contributed by atoms with Gasteiger partial charge in [-0.05, 0) is 24.5 Å². The van der Waals surface area contributed by atoms with Crippen molar-refractivity contribution in [3.8, 4) is 22.7 Å². The van der Waals surface area contributed by atoms with E-state index >= 15 is 0 Å². The number of amides is 1. The van der Waals surface area contributed by atoms with E-state index in [1.807, 2.05) is 18.3 Å². The number of carbonyl (C=O) groups excluding carboxylic acids is 1. The number of nitrogens with zero attached hydrogens (tertiary/aromatic N) is 8. The number of ether oxygens (including phenoxy) is 1. The van der Waals surface area contributed by atoms with Gasteiger partial charge in [0.05, 0.1) is 29.5 Å². The van der Waals surface area contributed by atoms with E-state index in [1.54, 1.807) is 48.5 Å². The number of nitrogen functional groups attached to an aromatic ring is 1. The molecule has 202 valence electrons. The number of hydrogen-bond acceptors (Lipinski definition) is 10. The Balaban J connectivity index is 0.00000400. The molecule has 12 heteroatoms. The molecule has 0 bridgehead atoms. The average molecular weight is 522 g/mol. The fourth-order valence-corrected chi connectivity index (χ4v) is 3.79. The van der Waals surface area contributed by atoms with Gasteiger partial charge in [-0.2, -0.15) is 10.1 Å². The Bertz CT molecular complexity index is 1330. The summed E-state index contributed by atoms with van der Waals surface area (Å²) in [7, 11) is 3.33. The maximum atomic E-state index is 12.4. The molecule has 0 aliphatic heterocycles. The van der Waals surface area contributed by atoms with Crippen molar-refractivity contribution in [3.05, 3.63) is 54.5 Å². The molecule has 1 amide bonds. The zero-order valence-electron chi connectivity index (χ0n) is 21.6. The molecule has 0 fully saturated rings. The highest BCUT2D eigenvalue weighted by Crippen LogP contribution is 2.38. The summed E-state index contributed by atoms with van der Waals surface area (Å²) in [5, 5.41) is 8.60. The summed E-state index contributed by atoms with van der Waals surface area (Å²) in [5.74, 6) is 1.13. The van der Waals surface area contributed by atoms with E-state index in [4.69, 9.17) is 20.0 Å². The molecule has 38 heavy (non-hydrogen) atoms. The summed E-state index contributed by atoms with van der Waals surface area (Å²) in [4.78, 5) is 31.4. The predicted molar refractivity (Wildman–Crippen MR) is 143 cm³/mol. The van der Waals surface area contributed by atoms with Crippen LogP contribution in [0.15, 0.2) is 47.6 Å². The maximum absolute atomic E-state index is 12.4. The lowest BCUT2D eigenvalue weighted by molar-refractivity contribution is -0.131. The highest BCUT2D eigenvalue weighted by atomic mass is 16.5. The molecule has 0 aliphatic rings. The summed E-state index contributed by atoms with van der Waals surface area (Å²) < 4.78 is 12.2. The van der Waals surface area contributed by atoms with Gasteiger partial charge in [-0.15, -0.1) is 0 Å². The number of hydrogen-bond donors (Lipinski definition) is 1. The Kier molecular flexibility index (Phi) is 8.89. The number of aromatic nitrogens is 7. The van der Waals surface area contributed by atoms with Crippen LogP contribution in [0.25, 0.3) is 22.7 Å². The molecule has 1 atom stereocenters. The first-order valence-corrected chi connectivity index (χ1v) is 11.9. The zero-order valence-corrected chi connectivity index (χ0v) is 21.6. The van der Waals surface area contributed by atoms with Crippen molar-refractivity contribution in [3.63, 3.8) is 0 Å². The standard InChI is InChI=1S/C25H31N9O3.CH4/c1-16(2)25(3,19-6-7-20(27-13-19)17-10-28-24(26)29-11-17)23-31-22(37-32-23)18-12-30-34(14-18)15-21(35)33(4)8-9-36-5;/h6-7,10-14,16H,8-9,15H2,1-5H3,(H2,26,28,29);1H4/t25-;/m1./s1. The SMILES string of the molecule is C.COCCN(C)C(=O)Cn1cc(-c2nc([C@@](C)(c3ccc(-c4cnc(N)nc4)nc3)C(C)C)no2)cn1. The van der Waals surface area contributed by atoms with Gasteiger partial charge in [-0.1, -0.05) is 32.5 Å². The number of carbonyl (C=O) groups is 1. The van der Waals surface area contributed by atoms with Crippen molar-refractivity contribution in [1.82, 2.24) is 39.8 Å². The molecule has 12 nitrogen and oxygen atoms in total. The Morgan fingerprint density at radius 1 is 1.16 bits per heavy atom. The van der Waals surface area contributed by atoms with E-state index in [0.29, 0.717) is 30.4 Å². The number of methoxy groups -OCH3 is 1. The molecular weight excluding hydrogens is 486 g/mol. The summed E-state index contributed by atoms with van der Waals surface area (Å²) in [6, 6.07) is 3.91. The van der Waals surface area contributed by atoms with Crippen molar-refractivity contribution in [1.29, 1.82) is 0 Å². The molecule has 0 saturated heterocycles. The fraction of sp³-hybridized carbons (Fsp3) is 0.423. The molecule has 0 aromatic carbocycles. The summed E-state index contributed by atoms with van der Waals surface area (Å²) in [6.45, 7) is 7.34. The minimum Gasteiger partial charge on any atom is -0.383 e. The van der Waals surface area contributed by atoms with Gasteiger partial charge in [0, 0.05) is 51.1 Å². The molecule has 4 rings (SSSR count). The quantitative estimate of drug-likeness (QED) is 0.330. The lowest BCUT2D eigenvalue weighted by Crippen LogP contribution is -2.32. The molecule has 4 heterocycles. The molecular formula is C26H35N9O3. The molecule has 0 aliphatic carbocycles. The van der Waals surface area contributed by atoms with E-state index in [0.717, 1.165) is 16.8 Å². The van der Waals surface area contributed by atoms with Crippen LogP contribution in [0.1, 0.15) is 39.6 Å². The third-order valence-electron chi connectivity index (χ3n) is 6.61. The van der Waals surface area contributed by atoms with Crippen LogP contribution >= 0.6 is 0 Å². The first kappa shape index (κ1) is 28.4. The summed E-state index contributed by atoms with van der Waals surface area (Å²) in [5.41, 5.74) is 8.10. The normalized spacial score (nSPS) is 12.7. The van der Waals surface area contributed by atoms with E-state index in [9.17, 15) is 4.79 Å². The van der Waals surface area contributed by atoms with Gasteiger partial charge >= 0.3 is 0 Å². The summed E-state index contributed by atoms with van der Waals surface area (Å²) in [6.07, 6.45) is 8.42. The maximum Gasteiger partial charge on any atom is 0.261 e. The third-order valence-corrected chi connectivity index (χ3v) is 6.61. The van der Waals surface area contributed by atoms with Gasteiger partial charge in [-0.25, -0.2) is 9.97 Å². The Labute approximate surface area is 222 Å². The van der Waals surface area contributed by atoms with Gasteiger partial charge in [0.15, 0.2) is 5.82 Å². The third kappa shape index (κ3) is 5.86.